The molecule has 14 nitrogen and oxygen atoms in total. The van der Waals surface area contributed by atoms with E-state index in [-0.39, 0.29) is 13.1 Å². The lowest BCUT2D eigenvalue weighted by atomic mass is 10.4. The molecule has 1 rings (SSSR count). The summed E-state index contributed by atoms with van der Waals surface area (Å²) < 4.78 is 30.4. The van der Waals surface area contributed by atoms with Crippen molar-refractivity contribution in [2.45, 2.75) is 0 Å². The lowest BCUT2D eigenvalue weighted by Gasteiger charge is -2.23. The van der Waals surface area contributed by atoms with Gasteiger partial charge in [-0.2, -0.15) is 0 Å². The molecule has 0 bridgehead atoms. The molecule has 1 heterocycles. The maximum Gasteiger partial charge on any atom is 0.357 e. The molecule has 2 unspecified atom stereocenters. The third-order valence-electron chi connectivity index (χ3n) is 2.63. The van der Waals surface area contributed by atoms with Gasteiger partial charge in [0.1, 0.15) is 13.1 Å². The highest BCUT2D eigenvalue weighted by atomic mass is 33.2. The Kier molecular flexibility index (Phi) is 9.24. The number of hydrogen-bond acceptors (Lipinski definition) is 12. The molecular weight excluding hydrogens is 404 g/mol. The minimum absolute atomic E-state index is 0.140. The van der Waals surface area contributed by atoms with Crippen LogP contribution in [0.1, 0.15) is 0 Å². The summed E-state index contributed by atoms with van der Waals surface area (Å²) in [7, 11) is -5.48. The molecule has 0 saturated carbocycles. The van der Waals surface area contributed by atoms with Gasteiger partial charge in [-0.25, -0.2) is 18.0 Å². The molecule has 2 N–H and O–H groups in total. The van der Waals surface area contributed by atoms with Crippen molar-refractivity contribution >= 4 is 44.1 Å². The molecule has 16 heteroatoms. The Morgan fingerprint density at radius 1 is 0.962 bits per heavy atom. The summed E-state index contributed by atoms with van der Waals surface area (Å²) in [6.07, 6.45) is 0. The smallest absolute Gasteiger partial charge is 0.357 e. The minimum Gasteiger partial charge on any atom is -0.480 e. The molecule has 1 fully saturated rings. The third kappa shape index (κ3) is 8.92. The maximum atomic E-state index is 11.6. The fourth-order valence-electron chi connectivity index (χ4n) is 1.69. The molecule has 0 aromatic carbocycles. The zero-order valence-electron chi connectivity index (χ0n) is 12.9. The van der Waals surface area contributed by atoms with Crippen molar-refractivity contribution in [2.75, 3.05) is 39.3 Å². The first-order valence-electron chi connectivity index (χ1n) is 6.65. The average molecular weight is 418 g/mol. The van der Waals surface area contributed by atoms with Crippen molar-refractivity contribution in [3.63, 3.8) is 0 Å². The summed E-state index contributed by atoms with van der Waals surface area (Å²) in [5.41, 5.74) is 0. The number of carbonyl (C=O) groups excluding carboxylic acids is 2. The van der Waals surface area contributed by atoms with Gasteiger partial charge in [0.05, 0.1) is 13.1 Å². The summed E-state index contributed by atoms with van der Waals surface area (Å²) in [6.45, 7) is -2.60. The first-order valence-corrected chi connectivity index (χ1v) is 9.32. The molecule has 0 amide bonds. The molecule has 26 heavy (non-hydrogen) atoms. The van der Waals surface area contributed by atoms with Crippen LogP contribution in [0.5, 0.6) is 0 Å². The molecular formula is C10H14N2O12S2. The second kappa shape index (κ2) is 10.9. The predicted molar refractivity (Wildman–Crippen MR) is 78.8 cm³/mol. The van der Waals surface area contributed by atoms with Gasteiger partial charge in [-0.05, 0) is 0 Å². The van der Waals surface area contributed by atoms with E-state index in [1.807, 2.05) is 0 Å². The van der Waals surface area contributed by atoms with E-state index >= 15 is 0 Å². The Hall–Kier alpha value is -1.98. The van der Waals surface area contributed by atoms with Gasteiger partial charge in [0.15, 0.2) is 0 Å². The Morgan fingerprint density at radius 3 is 1.77 bits per heavy atom. The van der Waals surface area contributed by atoms with E-state index in [1.54, 1.807) is 0 Å². The molecule has 1 saturated heterocycles. The zero-order valence-corrected chi connectivity index (χ0v) is 14.6. The van der Waals surface area contributed by atoms with Crippen LogP contribution in [0, 0.1) is 0 Å². The van der Waals surface area contributed by atoms with E-state index in [0.29, 0.717) is 0 Å². The second-order valence-electron chi connectivity index (χ2n) is 4.66. The largest absolute Gasteiger partial charge is 0.480 e. The van der Waals surface area contributed by atoms with E-state index in [1.165, 1.54) is 0 Å². The Morgan fingerprint density at radius 2 is 1.38 bits per heavy atom. The van der Waals surface area contributed by atoms with Crippen LogP contribution in [0.4, 0.5) is 0 Å². The molecule has 2 atom stereocenters. The first kappa shape index (κ1) is 22.1. The van der Waals surface area contributed by atoms with Crippen LogP contribution in [0.3, 0.4) is 0 Å². The number of carboxylic acids is 2. The Balaban J connectivity index is 2.73. The van der Waals surface area contributed by atoms with Crippen molar-refractivity contribution in [3.8, 4) is 0 Å². The van der Waals surface area contributed by atoms with Crippen molar-refractivity contribution in [1.82, 2.24) is 9.80 Å². The van der Waals surface area contributed by atoms with Crippen LogP contribution >= 0.6 is 0 Å². The monoisotopic (exact) mass is 418 g/mol. The number of carbonyl (C=O) groups is 4. The van der Waals surface area contributed by atoms with E-state index in [0.717, 1.165) is 9.80 Å². The van der Waals surface area contributed by atoms with Gasteiger partial charge < -0.3 is 10.2 Å². The van der Waals surface area contributed by atoms with Crippen LogP contribution in [0.2, 0.25) is 0 Å². The highest BCUT2D eigenvalue weighted by molar-refractivity contribution is 8.57. The fourth-order valence-corrected chi connectivity index (χ4v) is 2.48. The summed E-state index contributed by atoms with van der Waals surface area (Å²) in [5.74, 6) is -4.75. The van der Waals surface area contributed by atoms with E-state index in [2.05, 4.69) is 18.4 Å². The quantitative estimate of drug-likeness (QED) is 0.314. The number of nitrogens with zero attached hydrogens (tertiary/aromatic N) is 2. The molecule has 0 radical (unpaired) electrons. The van der Waals surface area contributed by atoms with Crippen LogP contribution < -0.4 is 0 Å². The maximum absolute atomic E-state index is 11.6. The standard InChI is InChI=1S/C10H14N2O12S2/c13-7(14)3-11(4-8(15)16)1-2-12-5-9(17)21-23-25(19)26(20)24-22-10(18)6-12/h1-6H2,(H,13,14)(H,15,16). The van der Waals surface area contributed by atoms with Gasteiger partial charge in [0.25, 0.3) is 0 Å². The van der Waals surface area contributed by atoms with Crippen molar-refractivity contribution in [3.05, 3.63) is 0 Å². The Labute approximate surface area is 150 Å². The number of rotatable bonds is 7. The summed E-state index contributed by atoms with van der Waals surface area (Å²) in [6, 6.07) is 0. The summed E-state index contributed by atoms with van der Waals surface area (Å²) >= 11 is 0. The van der Waals surface area contributed by atoms with E-state index in [4.69, 9.17) is 10.2 Å². The van der Waals surface area contributed by atoms with Gasteiger partial charge in [-0.1, -0.05) is 8.67 Å². The number of carboxylic acid groups (broad SMARTS) is 2. The second-order valence-corrected chi connectivity index (χ2v) is 7.39. The number of hydrogen-bond donors (Lipinski definition) is 2. The average Bonchev–Trinajstić information content (AvgIpc) is 2.55. The van der Waals surface area contributed by atoms with Crippen LogP contribution in [-0.4, -0.2) is 91.6 Å². The Bertz CT molecular complexity index is 563. The SMILES string of the molecule is O=C(O)CN(CCN1CC(=O)OOS(=O)S(=O)OOC(=O)C1)CC(=O)O. The predicted octanol–water partition coefficient (Wildman–Crippen LogP) is -3.03. The van der Waals surface area contributed by atoms with E-state index in [9.17, 15) is 27.6 Å². The lowest BCUT2D eigenvalue weighted by molar-refractivity contribution is -0.209. The highest BCUT2D eigenvalue weighted by Gasteiger charge is 2.25. The van der Waals surface area contributed by atoms with Crippen LogP contribution in [0.15, 0.2) is 0 Å². The topological polar surface area (TPSA) is 186 Å². The summed E-state index contributed by atoms with van der Waals surface area (Å²) in [5, 5.41) is 17.5. The normalized spacial score (nSPS) is 23.0. The van der Waals surface area contributed by atoms with E-state index < -0.39 is 70.3 Å². The molecule has 148 valence electrons. The molecule has 0 aromatic rings. The lowest BCUT2D eigenvalue weighted by Crippen LogP contribution is -2.43. The van der Waals surface area contributed by atoms with Crippen molar-refractivity contribution in [1.29, 1.82) is 0 Å². The molecule has 0 aliphatic carbocycles. The van der Waals surface area contributed by atoms with Crippen LogP contribution in [-0.2, 0) is 57.8 Å². The number of aliphatic carboxylic acids is 2. The fraction of sp³-hybridized carbons (Fsp3) is 0.600. The molecule has 1 aliphatic heterocycles. The summed E-state index contributed by atoms with van der Waals surface area (Å²) in [4.78, 5) is 55.0. The third-order valence-corrected chi connectivity index (χ3v) is 4.21. The van der Waals surface area contributed by atoms with Crippen molar-refractivity contribution < 1.29 is 56.3 Å². The minimum atomic E-state index is -2.74. The highest BCUT2D eigenvalue weighted by Crippen LogP contribution is 2.04. The van der Waals surface area contributed by atoms with Gasteiger partial charge in [-0.15, -0.1) is 0 Å². The van der Waals surface area contributed by atoms with Gasteiger partial charge in [0, 0.05) is 13.1 Å². The molecule has 0 spiro atoms. The van der Waals surface area contributed by atoms with Gasteiger partial charge in [-0.3, -0.25) is 29.2 Å². The van der Waals surface area contributed by atoms with Crippen LogP contribution in [0.25, 0.3) is 0 Å². The molecule has 1 aliphatic rings. The zero-order chi connectivity index (χ0) is 19.7. The molecule has 0 aromatic heterocycles. The van der Waals surface area contributed by atoms with Gasteiger partial charge >= 0.3 is 44.1 Å². The van der Waals surface area contributed by atoms with Crippen molar-refractivity contribution in [2.24, 2.45) is 0 Å². The van der Waals surface area contributed by atoms with Gasteiger partial charge in [0.2, 0.25) is 0 Å². The first-order chi connectivity index (χ1) is 12.2.